The minimum absolute atomic E-state index is 0.189. The molecule has 0 spiro atoms. The van der Waals surface area contributed by atoms with Gasteiger partial charge >= 0.3 is 0 Å². The fourth-order valence-electron chi connectivity index (χ4n) is 1.90. The smallest absolute Gasteiger partial charge is 0.124 e. The summed E-state index contributed by atoms with van der Waals surface area (Å²) >= 11 is 3.29. The second-order valence-electron chi connectivity index (χ2n) is 3.93. The topological polar surface area (TPSA) is 50.9 Å². The molecule has 94 valence electrons. The summed E-state index contributed by atoms with van der Waals surface area (Å²) in [6.07, 6.45) is 3.32. The molecule has 0 bridgehead atoms. The average molecular weight is 310 g/mol. The maximum Gasteiger partial charge on any atom is 0.124 e. The normalized spacial score (nSPS) is 12.4. The lowest BCUT2D eigenvalue weighted by Gasteiger charge is -2.19. The quantitative estimate of drug-likeness (QED) is 0.916. The predicted molar refractivity (Wildman–Crippen MR) is 73.7 cm³/mol. The number of pyridine rings is 1. The Kier molecular flexibility index (Phi) is 3.93. The number of nitrogens with two attached hydrogens (primary N) is 1. The van der Waals surface area contributed by atoms with Gasteiger partial charge in [-0.15, -0.1) is 0 Å². The molecule has 1 aromatic carbocycles. The van der Waals surface area contributed by atoms with Gasteiger partial charge in [0.1, 0.15) is 5.82 Å². The lowest BCUT2D eigenvalue weighted by atomic mass is 9.99. The van der Waals surface area contributed by atoms with E-state index in [-0.39, 0.29) is 11.9 Å². The molecule has 1 heterocycles. The fraction of sp³-hybridized carbons (Fsp3) is 0.154. The number of halogens is 2. The standard InChI is InChI=1S/C13H13BrFN3/c1-17-13(11-7-18-3-2-12(11)16)8-4-9(14)6-10(15)5-8/h2-7,13,17H,1H3,(H2,16,18). The number of anilines is 1. The van der Waals surface area contributed by atoms with Gasteiger partial charge < -0.3 is 11.1 Å². The lowest BCUT2D eigenvalue weighted by Crippen LogP contribution is -2.19. The van der Waals surface area contributed by atoms with Crippen LogP contribution in [0.4, 0.5) is 10.1 Å². The molecule has 1 unspecified atom stereocenters. The molecule has 3 nitrogen and oxygen atoms in total. The van der Waals surface area contributed by atoms with Crippen molar-refractivity contribution in [2.45, 2.75) is 6.04 Å². The van der Waals surface area contributed by atoms with Crippen LogP contribution in [0, 0.1) is 5.82 Å². The van der Waals surface area contributed by atoms with E-state index in [2.05, 4.69) is 26.2 Å². The highest BCUT2D eigenvalue weighted by atomic mass is 79.9. The molecule has 2 aromatic rings. The van der Waals surface area contributed by atoms with E-state index < -0.39 is 0 Å². The van der Waals surface area contributed by atoms with Gasteiger partial charge in [-0.3, -0.25) is 4.98 Å². The third-order valence-corrected chi connectivity index (χ3v) is 3.16. The van der Waals surface area contributed by atoms with Crippen molar-refractivity contribution in [2.75, 3.05) is 12.8 Å². The summed E-state index contributed by atoms with van der Waals surface area (Å²) in [5, 5.41) is 3.12. The summed E-state index contributed by atoms with van der Waals surface area (Å²) in [6.45, 7) is 0. The van der Waals surface area contributed by atoms with E-state index in [1.54, 1.807) is 25.5 Å². The number of benzene rings is 1. The molecule has 0 aliphatic carbocycles. The van der Waals surface area contributed by atoms with Crippen LogP contribution in [0.3, 0.4) is 0 Å². The molecule has 1 aromatic heterocycles. The number of nitrogen functional groups attached to an aromatic ring is 1. The van der Waals surface area contributed by atoms with Gasteiger partial charge in [-0.1, -0.05) is 15.9 Å². The highest BCUT2D eigenvalue weighted by Crippen LogP contribution is 2.28. The molecule has 5 heteroatoms. The SMILES string of the molecule is CNC(c1cc(F)cc(Br)c1)c1cnccc1N. The van der Waals surface area contributed by atoms with E-state index in [1.165, 1.54) is 12.1 Å². The first-order valence-electron chi connectivity index (χ1n) is 5.44. The van der Waals surface area contributed by atoms with Crippen LogP contribution in [0.5, 0.6) is 0 Å². The van der Waals surface area contributed by atoms with E-state index in [9.17, 15) is 4.39 Å². The lowest BCUT2D eigenvalue weighted by molar-refractivity contribution is 0.615. The van der Waals surface area contributed by atoms with Crippen LogP contribution in [-0.2, 0) is 0 Å². The first kappa shape index (κ1) is 13.0. The summed E-state index contributed by atoms with van der Waals surface area (Å²) in [4.78, 5) is 4.06. The molecule has 2 rings (SSSR count). The van der Waals surface area contributed by atoms with Gasteiger partial charge in [0.15, 0.2) is 0 Å². The van der Waals surface area contributed by atoms with Crippen LogP contribution in [0.2, 0.25) is 0 Å². The molecule has 0 fully saturated rings. The molecule has 3 N–H and O–H groups in total. The minimum atomic E-state index is -0.290. The third-order valence-electron chi connectivity index (χ3n) is 2.71. The van der Waals surface area contributed by atoms with E-state index in [4.69, 9.17) is 5.73 Å². The summed E-state index contributed by atoms with van der Waals surface area (Å²) in [7, 11) is 1.80. The van der Waals surface area contributed by atoms with Crippen molar-refractivity contribution in [1.82, 2.24) is 10.3 Å². The van der Waals surface area contributed by atoms with Crippen molar-refractivity contribution in [3.8, 4) is 0 Å². The molecule has 0 saturated heterocycles. The van der Waals surface area contributed by atoms with Crippen molar-refractivity contribution in [3.63, 3.8) is 0 Å². The zero-order chi connectivity index (χ0) is 13.1. The van der Waals surface area contributed by atoms with E-state index in [0.29, 0.717) is 10.2 Å². The van der Waals surface area contributed by atoms with Gasteiger partial charge in [0.05, 0.1) is 6.04 Å². The van der Waals surface area contributed by atoms with E-state index in [1.807, 2.05) is 6.07 Å². The molecule has 0 radical (unpaired) electrons. The average Bonchev–Trinajstić information content (AvgIpc) is 2.31. The van der Waals surface area contributed by atoms with Crippen LogP contribution in [0.15, 0.2) is 41.1 Å². The number of hydrogen-bond acceptors (Lipinski definition) is 3. The molecule has 18 heavy (non-hydrogen) atoms. The Bertz CT molecular complexity index is 539. The maximum absolute atomic E-state index is 13.4. The van der Waals surface area contributed by atoms with E-state index in [0.717, 1.165) is 11.1 Å². The Morgan fingerprint density at radius 3 is 2.78 bits per heavy atom. The molecule has 0 aliphatic heterocycles. The van der Waals surface area contributed by atoms with Gasteiger partial charge in [-0.05, 0) is 36.9 Å². The number of aromatic nitrogens is 1. The van der Waals surface area contributed by atoms with Crippen molar-refractivity contribution in [3.05, 3.63) is 58.1 Å². The van der Waals surface area contributed by atoms with Crippen molar-refractivity contribution >= 4 is 21.6 Å². The number of rotatable bonds is 3. The van der Waals surface area contributed by atoms with Crippen LogP contribution < -0.4 is 11.1 Å². The molecular formula is C13H13BrFN3. The van der Waals surface area contributed by atoms with Crippen molar-refractivity contribution in [2.24, 2.45) is 0 Å². The second-order valence-corrected chi connectivity index (χ2v) is 4.84. The zero-order valence-electron chi connectivity index (χ0n) is 9.82. The van der Waals surface area contributed by atoms with Gasteiger partial charge in [-0.25, -0.2) is 4.39 Å². The van der Waals surface area contributed by atoms with Gasteiger partial charge in [0.2, 0.25) is 0 Å². The number of nitrogens with one attached hydrogen (secondary N) is 1. The van der Waals surface area contributed by atoms with Crippen LogP contribution in [0.25, 0.3) is 0 Å². The largest absolute Gasteiger partial charge is 0.398 e. The third kappa shape index (κ3) is 2.68. The van der Waals surface area contributed by atoms with Crippen LogP contribution >= 0.6 is 15.9 Å². The van der Waals surface area contributed by atoms with Crippen molar-refractivity contribution in [1.29, 1.82) is 0 Å². The zero-order valence-corrected chi connectivity index (χ0v) is 11.4. The molecular weight excluding hydrogens is 297 g/mol. The Hall–Kier alpha value is -1.46. The fourth-order valence-corrected chi connectivity index (χ4v) is 2.39. The Labute approximate surface area is 113 Å². The minimum Gasteiger partial charge on any atom is -0.398 e. The first-order valence-corrected chi connectivity index (χ1v) is 6.23. The van der Waals surface area contributed by atoms with E-state index >= 15 is 0 Å². The van der Waals surface area contributed by atoms with Gasteiger partial charge in [-0.2, -0.15) is 0 Å². The Morgan fingerprint density at radius 1 is 1.39 bits per heavy atom. The predicted octanol–water partition coefficient (Wildman–Crippen LogP) is 2.87. The molecule has 1 atom stereocenters. The molecule has 0 aliphatic rings. The molecule has 0 amide bonds. The highest BCUT2D eigenvalue weighted by molar-refractivity contribution is 9.10. The highest BCUT2D eigenvalue weighted by Gasteiger charge is 2.16. The first-order chi connectivity index (χ1) is 8.61. The number of nitrogens with zero attached hydrogens (tertiary/aromatic N) is 1. The Balaban J connectivity index is 2.48. The van der Waals surface area contributed by atoms with Crippen molar-refractivity contribution < 1.29 is 4.39 Å². The monoisotopic (exact) mass is 309 g/mol. The number of hydrogen-bond donors (Lipinski definition) is 2. The second kappa shape index (κ2) is 5.46. The van der Waals surface area contributed by atoms with Crippen LogP contribution in [0.1, 0.15) is 17.2 Å². The molecule has 0 saturated carbocycles. The maximum atomic E-state index is 13.4. The van der Waals surface area contributed by atoms with Crippen LogP contribution in [-0.4, -0.2) is 12.0 Å². The summed E-state index contributed by atoms with van der Waals surface area (Å²) < 4.78 is 14.1. The summed E-state index contributed by atoms with van der Waals surface area (Å²) in [6, 6.07) is 6.30. The summed E-state index contributed by atoms with van der Waals surface area (Å²) in [5.74, 6) is -0.290. The summed E-state index contributed by atoms with van der Waals surface area (Å²) in [5.41, 5.74) is 8.18. The van der Waals surface area contributed by atoms with Gasteiger partial charge in [0.25, 0.3) is 0 Å². The van der Waals surface area contributed by atoms with Gasteiger partial charge in [0, 0.05) is 28.1 Å². The Morgan fingerprint density at radius 2 is 2.17 bits per heavy atom.